The van der Waals surface area contributed by atoms with E-state index in [9.17, 15) is 9.59 Å². The molecule has 1 saturated heterocycles. The van der Waals surface area contributed by atoms with Crippen LogP contribution in [0.4, 0.5) is 0 Å². The van der Waals surface area contributed by atoms with Crippen LogP contribution in [0.25, 0.3) is 0 Å². The maximum Gasteiger partial charge on any atom is 0.243 e. The molecule has 0 aromatic heterocycles. The molecule has 1 aliphatic heterocycles. The Kier molecular flexibility index (Phi) is 2.42. The topological polar surface area (TPSA) is 75.4 Å². The highest BCUT2D eigenvalue weighted by Gasteiger charge is 2.50. The number of rotatable bonds is 2. The van der Waals surface area contributed by atoms with E-state index in [1.165, 1.54) is 0 Å². The summed E-state index contributed by atoms with van der Waals surface area (Å²) >= 11 is 0. The van der Waals surface area contributed by atoms with Gasteiger partial charge >= 0.3 is 0 Å². The fourth-order valence-electron chi connectivity index (χ4n) is 2.00. The Bertz CT molecular complexity index is 299. The number of nitrogens with two attached hydrogens (primary N) is 1. The van der Waals surface area contributed by atoms with Crippen molar-refractivity contribution in [2.24, 2.45) is 5.73 Å². The minimum Gasteiger partial charge on any atom is -0.353 e. The molecule has 15 heavy (non-hydrogen) atoms. The Balaban J connectivity index is 2.12. The van der Waals surface area contributed by atoms with E-state index >= 15 is 0 Å². The standard InChI is InChI=1S/C10H17N3O2/c1-2-7-8(14)12-5-6-13(7)9(15)10(11)3-4-10/h7H,2-6,11H2,1H3,(H,12,14). The summed E-state index contributed by atoms with van der Waals surface area (Å²) in [7, 11) is 0. The number of carbonyl (C=O) groups is 2. The normalized spacial score (nSPS) is 28.5. The first-order valence-corrected chi connectivity index (χ1v) is 5.46. The summed E-state index contributed by atoms with van der Waals surface area (Å²) in [5.74, 6) is -0.106. The fourth-order valence-corrected chi connectivity index (χ4v) is 2.00. The predicted molar refractivity (Wildman–Crippen MR) is 55.0 cm³/mol. The highest BCUT2D eigenvalue weighted by atomic mass is 16.2. The molecule has 1 atom stereocenters. The molecule has 1 unspecified atom stereocenters. The lowest BCUT2D eigenvalue weighted by Crippen LogP contribution is -2.60. The zero-order valence-electron chi connectivity index (χ0n) is 8.95. The Morgan fingerprint density at radius 1 is 1.67 bits per heavy atom. The second-order valence-electron chi connectivity index (χ2n) is 4.37. The fraction of sp³-hybridized carbons (Fsp3) is 0.800. The van der Waals surface area contributed by atoms with Gasteiger partial charge in [-0.1, -0.05) is 6.92 Å². The number of nitrogens with zero attached hydrogens (tertiary/aromatic N) is 1. The monoisotopic (exact) mass is 211 g/mol. The van der Waals surface area contributed by atoms with Gasteiger partial charge in [0.05, 0.1) is 5.54 Å². The number of piperazine rings is 1. The summed E-state index contributed by atoms with van der Waals surface area (Å²) in [6.07, 6.45) is 2.15. The number of amides is 2. The predicted octanol–water partition coefficient (Wildman–Crippen LogP) is -0.785. The van der Waals surface area contributed by atoms with Gasteiger partial charge in [-0.05, 0) is 19.3 Å². The molecule has 5 heteroatoms. The van der Waals surface area contributed by atoms with Crippen molar-refractivity contribution in [3.05, 3.63) is 0 Å². The van der Waals surface area contributed by atoms with Gasteiger partial charge in [0.15, 0.2) is 0 Å². The van der Waals surface area contributed by atoms with Crippen LogP contribution in [0.1, 0.15) is 26.2 Å². The quantitative estimate of drug-likeness (QED) is 0.629. The average molecular weight is 211 g/mol. The summed E-state index contributed by atoms with van der Waals surface area (Å²) < 4.78 is 0. The van der Waals surface area contributed by atoms with Crippen LogP contribution in [-0.2, 0) is 9.59 Å². The number of hydrogen-bond donors (Lipinski definition) is 2. The van der Waals surface area contributed by atoms with Crippen LogP contribution in [-0.4, -0.2) is 41.4 Å². The first kappa shape index (κ1) is 10.4. The van der Waals surface area contributed by atoms with Crippen molar-refractivity contribution in [3.8, 4) is 0 Å². The molecule has 2 amide bonds. The van der Waals surface area contributed by atoms with E-state index in [4.69, 9.17) is 5.73 Å². The third-order valence-corrected chi connectivity index (χ3v) is 3.19. The third kappa shape index (κ3) is 1.71. The van der Waals surface area contributed by atoms with Crippen LogP contribution >= 0.6 is 0 Å². The van der Waals surface area contributed by atoms with Crippen molar-refractivity contribution in [2.75, 3.05) is 13.1 Å². The van der Waals surface area contributed by atoms with E-state index in [2.05, 4.69) is 5.32 Å². The van der Waals surface area contributed by atoms with Gasteiger partial charge in [0, 0.05) is 13.1 Å². The lowest BCUT2D eigenvalue weighted by molar-refractivity contribution is -0.144. The van der Waals surface area contributed by atoms with Crippen LogP contribution < -0.4 is 11.1 Å². The third-order valence-electron chi connectivity index (χ3n) is 3.19. The second kappa shape index (κ2) is 3.48. The zero-order chi connectivity index (χ0) is 11.1. The van der Waals surface area contributed by atoms with Gasteiger partial charge in [-0.25, -0.2) is 0 Å². The number of nitrogens with one attached hydrogen (secondary N) is 1. The van der Waals surface area contributed by atoms with Gasteiger partial charge in [0.25, 0.3) is 0 Å². The summed E-state index contributed by atoms with van der Waals surface area (Å²) in [4.78, 5) is 25.2. The molecule has 1 saturated carbocycles. The molecule has 0 bridgehead atoms. The largest absolute Gasteiger partial charge is 0.353 e. The highest BCUT2D eigenvalue weighted by molar-refractivity contribution is 5.94. The highest BCUT2D eigenvalue weighted by Crippen LogP contribution is 2.35. The van der Waals surface area contributed by atoms with Crippen LogP contribution in [0.5, 0.6) is 0 Å². The number of carbonyl (C=O) groups excluding carboxylic acids is 2. The SMILES string of the molecule is CCC1C(=O)NCCN1C(=O)C1(N)CC1. The minimum absolute atomic E-state index is 0.0517. The maximum absolute atomic E-state index is 12.0. The van der Waals surface area contributed by atoms with Crippen molar-refractivity contribution >= 4 is 11.8 Å². The van der Waals surface area contributed by atoms with E-state index in [1.807, 2.05) is 6.92 Å². The first-order chi connectivity index (χ1) is 7.08. The maximum atomic E-state index is 12.0. The van der Waals surface area contributed by atoms with E-state index < -0.39 is 5.54 Å². The zero-order valence-corrected chi connectivity index (χ0v) is 8.95. The van der Waals surface area contributed by atoms with Gasteiger partial charge in [-0.3, -0.25) is 9.59 Å². The molecule has 2 aliphatic rings. The van der Waals surface area contributed by atoms with Crippen LogP contribution in [0.15, 0.2) is 0 Å². The van der Waals surface area contributed by atoms with Gasteiger partial charge in [-0.15, -0.1) is 0 Å². The van der Waals surface area contributed by atoms with Crippen molar-refractivity contribution < 1.29 is 9.59 Å². The van der Waals surface area contributed by atoms with Crippen LogP contribution in [0.3, 0.4) is 0 Å². The van der Waals surface area contributed by atoms with E-state index in [-0.39, 0.29) is 17.9 Å². The molecule has 0 aromatic carbocycles. The molecule has 2 rings (SSSR count). The molecule has 2 fully saturated rings. The smallest absolute Gasteiger partial charge is 0.243 e. The lowest BCUT2D eigenvalue weighted by Gasteiger charge is -2.36. The Labute approximate surface area is 89.0 Å². The van der Waals surface area contributed by atoms with E-state index in [0.717, 1.165) is 12.8 Å². The van der Waals surface area contributed by atoms with Crippen molar-refractivity contribution in [3.63, 3.8) is 0 Å². The Morgan fingerprint density at radius 3 is 2.87 bits per heavy atom. The Morgan fingerprint density at radius 2 is 2.33 bits per heavy atom. The van der Waals surface area contributed by atoms with Crippen molar-refractivity contribution in [1.29, 1.82) is 0 Å². The van der Waals surface area contributed by atoms with Gasteiger partial charge in [0.2, 0.25) is 11.8 Å². The summed E-state index contributed by atoms with van der Waals surface area (Å²) in [6, 6.07) is -0.327. The average Bonchev–Trinajstić information content (AvgIpc) is 2.96. The van der Waals surface area contributed by atoms with Crippen molar-refractivity contribution in [1.82, 2.24) is 10.2 Å². The van der Waals surface area contributed by atoms with E-state index in [1.54, 1.807) is 4.90 Å². The summed E-state index contributed by atoms with van der Waals surface area (Å²) in [5, 5.41) is 2.77. The molecule has 0 aromatic rings. The van der Waals surface area contributed by atoms with Gasteiger partial charge in [0.1, 0.15) is 6.04 Å². The van der Waals surface area contributed by atoms with Crippen molar-refractivity contribution in [2.45, 2.75) is 37.8 Å². The first-order valence-electron chi connectivity index (χ1n) is 5.46. The Hall–Kier alpha value is -1.10. The summed E-state index contributed by atoms with van der Waals surface area (Å²) in [5.41, 5.74) is 5.20. The molecule has 5 nitrogen and oxygen atoms in total. The molecule has 0 radical (unpaired) electrons. The minimum atomic E-state index is -0.662. The molecule has 84 valence electrons. The molecule has 0 spiro atoms. The van der Waals surface area contributed by atoms with Gasteiger partial charge in [-0.2, -0.15) is 0 Å². The molecule has 1 heterocycles. The van der Waals surface area contributed by atoms with Gasteiger partial charge < -0.3 is 16.0 Å². The lowest BCUT2D eigenvalue weighted by atomic mass is 10.1. The second-order valence-corrected chi connectivity index (χ2v) is 4.37. The van der Waals surface area contributed by atoms with Crippen LogP contribution in [0.2, 0.25) is 0 Å². The molecular formula is C10H17N3O2. The molecular weight excluding hydrogens is 194 g/mol. The molecule has 1 aliphatic carbocycles. The van der Waals surface area contributed by atoms with Crippen LogP contribution in [0, 0.1) is 0 Å². The molecule has 3 N–H and O–H groups in total. The summed E-state index contributed by atoms with van der Waals surface area (Å²) in [6.45, 7) is 3.03. The van der Waals surface area contributed by atoms with E-state index in [0.29, 0.717) is 19.5 Å². The number of hydrogen-bond acceptors (Lipinski definition) is 3.